The minimum Gasteiger partial charge on any atom is -0.348 e. The largest absolute Gasteiger partial charge is 0.348 e. The molecule has 0 saturated heterocycles. The predicted molar refractivity (Wildman–Crippen MR) is 78.2 cm³/mol. The highest BCUT2D eigenvalue weighted by Crippen LogP contribution is 2.30. The summed E-state index contributed by atoms with van der Waals surface area (Å²) in [5.74, 6) is 0.701. The van der Waals surface area contributed by atoms with Gasteiger partial charge in [0.2, 0.25) is 0 Å². The summed E-state index contributed by atoms with van der Waals surface area (Å²) >= 11 is 1.92. The SMILES string of the molecule is CCSC1CCCC1NC(=O)c1ccc(F)cc1C. The van der Waals surface area contributed by atoms with Crippen molar-refractivity contribution >= 4 is 17.7 Å². The van der Waals surface area contributed by atoms with Crippen molar-refractivity contribution in [3.63, 3.8) is 0 Å². The quantitative estimate of drug-likeness (QED) is 0.914. The fourth-order valence-electron chi connectivity index (χ4n) is 2.63. The Morgan fingerprint density at radius 3 is 2.95 bits per heavy atom. The predicted octanol–water partition coefficient (Wildman–Crippen LogP) is 3.54. The first-order valence-corrected chi connectivity index (χ1v) is 7.85. The van der Waals surface area contributed by atoms with Crippen LogP contribution in [-0.4, -0.2) is 23.0 Å². The normalized spacial score (nSPS) is 22.5. The van der Waals surface area contributed by atoms with Crippen LogP contribution in [0.15, 0.2) is 18.2 Å². The molecule has 0 spiro atoms. The van der Waals surface area contributed by atoms with E-state index < -0.39 is 0 Å². The lowest BCUT2D eigenvalue weighted by atomic mass is 10.1. The number of hydrogen-bond donors (Lipinski definition) is 1. The maximum atomic E-state index is 13.0. The zero-order chi connectivity index (χ0) is 13.8. The number of carbonyl (C=O) groups excluding carboxylic acids is 1. The Bertz CT molecular complexity index is 463. The van der Waals surface area contributed by atoms with E-state index in [4.69, 9.17) is 0 Å². The first-order valence-electron chi connectivity index (χ1n) is 6.80. The van der Waals surface area contributed by atoms with Gasteiger partial charge < -0.3 is 5.32 Å². The number of carbonyl (C=O) groups is 1. The van der Waals surface area contributed by atoms with Crippen LogP contribution in [0.2, 0.25) is 0 Å². The summed E-state index contributed by atoms with van der Waals surface area (Å²) in [5.41, 5.74) is 1.27. The Hall–Kier alpha value is -1.03. The highest BCUT2D eigenvalue weighted by Gasteiger charge is 2.28. The van der Waals surface area contributed by atoms with E-state index in [1.165, 1.54) is 25.0 Å². The number of hydrogen-bond acceptors (Lipinski definition) is 2. The number of amides is 1. The third kappa shape index (κ3) is 3.50. The molecule has 2 unspecified atom stereocenters. The summed E-state index contributed by atoms with van der Waals surface area (Å²) < 4.78 is 13.0. The molecule has 1 N–H and O–H groups in total. The average molecular weight is 281 g/mol. The van der Waals surface area contributed by atoms with Crippen LogP contribution in [0, 0.1) is 12.7 Å². The van der Waals surface area contributed by atoms with Gasteiger partial charge in [-0.15, -0.1) is 0 Å². The van der Waals surface area contributed by atoms with Crippen molar-refractivity contribution in [2.24, 2.45) is 0 Å². The van der Waals surface area contributed by atoms with Crippen LogP contribution in [-0.2, 0) is 0 Å². The van der Waals surface area contributed by atoms with Crippen molar-refractivity contribution < 1.29 is 9.18 Å². The number of halogens is 1. The smallest absolute Gasteiger partial charge is 0.251 e. The summed E-state index contributed by atoms with van der Waals surface area (Å²) in [6.07, 6.45) is 3.39. The number of thioether (sulfide) groups is 1. The van der Waals surface area contributed by atoms with Crippen LogP contribution in [0.3, 0.4) is 0 Å². The molecule has 0 heterocycles. The van der Waals surface area contributed by atoms with E-state index in [0.717, 1.165) is 12.2 Å². The van der Waals surface area contributed by atoms with Crippen LogP contribution < -0.4 is 5.32 Å². The van der Waals surface area contributed by atoms with E-state index in [-0.39, 0.29) is 17.8 Å². The number of nitrogens with one attached hydrogen (secondary N) is 1. The molecule has 2 nitrogen and oxygen atoms in total. The van der Waals surface area contributed by atoms with E-state index in [1.54, 1.807) is 13.0 Å². The Kier molecular flexibility index (Phi) is 4.86. The topological polar surface area (TPSA) is 29.1 Å². The standard InChI is InChI=1S/C15H20FNOS/c1-3-19-14-6-4-5-13(14)17-15(18)12-8-7-11(16)9-10(12)2/h7-9,13-14H,3-6H2,1-2H3,(H,17,18). The van der Waals surface area contributed by atoms with Gasteiger partial charge in [0, 0.05) is 16.9 Å². The molecule has 104 valence electrons. The number of rotatable bonds is 4. The highest BCUT2D eigenvalue weighted by molar-refractivity contribution is 7.99. The Labute approximate surface area is 118 Å². The molecule has 1 aromatic carbocycles. The molecule has 4 heteroatoms. The monoisotopic (exact) mass is 281 g/mol. The van der Waals surface area contributed by atoms with Crippen LogP contribution in [0.25, 0.3) is 0 Å². The van der Waals surface area contributed by atoms with E-state index in [2.05, 4.69) is 12.2 Å². The van der Waals surface area contributed by atoms with Gasteiger partial charge in [-0.25, -0.2) is 4.39 Å². The summed E-state index contributed by atoms with van der Waals surface area (Å²) in [6.45, 7) is 3.91. The Morgan fingerprint density at radius 2 is 2.26 bits per heavy atom. The maximum Gasteiger partial charge on any atom is 0.251 e. The molecule has 0 radical (unpaired) electrons. The fraction of sp³-hybridized carbons (Fsp3) is 0.533. The number of benzene rings is 1. The molecule has 1 amide bonds. The minimum absolute atomic E-state index is 0.0777. The van der Waals surface area contributed by atoms with Gasteiger partial charge in [0.05, 0.1) is 0 Å². The summed E-state index contributed by atoms with van der Waals surface area (Å²) in [6, 6.07) is 4.56. The Morgan fingerprint density at radius 1 is 1.47 bits per heavy atom. The van der Waals surface area contributed by atoms with Crippen LogP contribution in [0.4, 0.5) is 4.39 Å². The molecule has 0 aliphatic heterocycles. The molecular weight excluding hydrogens is 261 g/mol. The first kappa shape index (κ1) is 14.4. The third-order valence-corrected chi connectivity index (χ3v) is 4.91. The second kappa shape index (κ2) is 6.42. The third-order valence-electron chi connectivity index (χ3n) is 3.58. The molecule has 0 aromatic heterocycles. The molecule has 1 aromatic rings. The van der Waals surface area contributed by atoms with E-state index in [0.29, 0.717) is 16.4 Å². The maximum absolute atomic E-state index is 13.0. The van der Waals surface area contributed by atoms with Crippen LogP contribution >= 0.6 is 11.8 Å². The molecule has 1 aliphatic rings. The highest BCUT2D eigenvalue weighted by atomic mass is 32.2. The summed E-state index contributed by atoms with van der Waals surface area (Å²) in [5, 5.41) is 3.63. The van der Waals surface area contributed by atoms with Gasteiger partial charge in [0.1, 0.15) is 5.82 Å². The second-order valence-electron chi connectivity index (χ2n) is 4.96. The molecular formula is C15H20FNOS. The van der Waals surface area contributed by atoms with Gasteiger partial charge in [0.25, 0.3) is 5.91 Å². The van der Waals surface area contributed by atoms with Crippen LogP contribution in [0.5, 0.6) is 0 Å². The van der Waals surface area contributed by atoms with Crippen molar-refractivity contribution in [3.05, 3.63) is 35.1 Å². The first-order chi connectivity index (χ1) is 9.11. The van der Waals surface area contributed by atoms with Gasteiger partial charge >= 0.3 is 0 Å². The zero-order valence-corrected chi connectivity index (χ0v) is 12.2. The van der Waals surface area contributed by atoms with Crippen LogP contribution in [0.1, 0.15) is 42.1 Å². The van der Waals surface area contributed by atoms with E-state index in [9.17, 15) is 9.18 Å². The molecule has 2 atom stereocenters. The minimum atomic E-state index is -0.297. The van der Waals surface area contributed by atoms with Crippen molar-refractivity contribution in [2.75, 3.05) is 5.75 Å². The second-order valence-corrected chi connectivity index (χ2v) is 6.48. The zero-order valence-electron chi connectivity index (χ0n) is 11.4. The average Bonchev–Trinajstić information content (AvgIpc) is 2.77. The van der Waals surface area contributed by atoms with Crippen molar-refractivity contribution in [1.29, 1.82) is 0 Å². The lowest BCUT2D eigenvalue weighted by Crippen LogP contribution is -2.39. The van der Waals surface area contributed by atoms with Crippen molar-refractivity contribution in [2.45, 2.75) is 44.4 Å². The molecule has 1 aliphatic carbocycles. The van der Waals surface area contributed by atoms with E-state index >= 15 is 0 Å². The lowest BCUT2D eigenvalue weighted by Gasteiger charge is -2.20. The summed E-state index contributed by atoms with van der Waals surface area (Å²) in [7, 11) is 0. The molecule has 2 rings (SSSR count). The molecule has 19 heavy (non-hydrogen) atoms. The van der Waals surface area contributed by atoms with Gasteiger partial charge in [-0.05, 0) is 49.3 Å². The van der Waals surface area contributed by atoms with Gasteiger partial charge in [-0.3, -0.25) is 4.79 Å². The van der Waals surface area contributed by atoms with Crippen molar-refractivity contribution in [1.82, 2.24) is 5.32 Å². The Balaban J connectivity index is 2.04. The molecule has 0 bridgehead atoms. The van der Waals surface area contributed by atoms with Crippen molar-refractivity contribution in [3.8, 4) is 0 Å². The lowest BCUT2D eigenvalue weighted by molar-refractivity contribution is 0.0938. The fourth-order valence-corrected chi connectivity index (χ4v) is 3.83. The number of aryl methyl sites for hydroxylation is 1. The molecule has 1 fully saturated rings. The summed E-state index contributed by atoms with van der Waals surface area (Å²) in [4.78, 5) is 12.2. The molecule has 1 saturated carbocycles. The van der Waals surface area contributed by atoms with Gasteiger partial charge in [-0.2, -0.15) is 11.8 Å². The van der Waals surface area contributed by atoms with E-state index in [1.807, 2.05) is 11.8 Å². The van der Waals surface area contributed by atoms with Gasteiger partial charge in [0.15, 0.2) is 0 Å². The van der Waals surface area contributed by atoms with Gasteiger partial charge in [-0.1, -0.05) is 13.3 Å².